The van der Waals surface area contributed by atoms with Crippen molar-refractivity contribution in [1.29, 1.82) is 0 Å². The zero-order valence-corrected chi connectivity index (χ0v) is 18.6. The number of hydrogen-bond donors (Lipinski definition) is 2. The van der Waals surface area contributed by atoms with Gasteiger partial charge in [0.15, 0.2) is 5.69 Å². The van der Waals surface area contributed by atoms with Crippen molar-refractivity contribution in [2.75, 3.05) is 20.3 Å². The molecular formula is C24H28N6O2. The molecule has 1 atom stereocenters. The quantitative estimate of drug-likeness (QED) is 0.583. The Morgan fingerprint density at radius 3 is 2.97 bits per heavy atom. The molecule has 0 radical (unpaired) electrons. The maximum atomic E-state index is 13.1. The maximum absolute atomic E-state index is 13.1. The minimum atomic E-state index is -0.236. The van der Waals surface area contributed by atoms with E-state index < -0.39 is 0 Å². The number of carbonyl (C=O) groups is 1. The molecule has 1 aliphatic heterocycles. The average Bonchev–Trinajstić information content (AvgIpc) is 3.43. The molecule has 8 heteroatoms. The van der Waals surface area contributed by atoms with E-state index >= 15 is 0 Å². The molecule has 0 spiro atoms. The lowest BCUT2D eigenvalue weighted by atomic mass is 10.0. The van der Waals surface area contributed by atoms with Gasteiger partial charge in [-0.3, -0.25) is 9.79 Å². The second-order valence-electron chi connectivity index (χ2n) is 8.02. The summed E-state index contributed by atoms with van der Waals surface area (Å²) in [6, 6.07) is 7.92. The highest BCUT2D eigenvalue weighted by atomic mass is 16.5. The Kier molecular flexibility index (Phi) is 6.32. The molecule has 4 rings (SSSR count). The van der Waals surface area contributed by atoms with Crippen molar-refractivity contribution in [1.82, 2.24) is 19.9 Å². The van der Waals surface area contributed by atoms with Gasteiger partial charge in [-0.15, -0.1) is 0 Å². The first-order valence-electron chi connectivity index (χ1n) is 10.6. The fourth-order valence-electron chi connectivity index (χ4n) is 4.20. The van der Waals surface area contributed by atoms with E-state index in [0.717, 1.165) is 52.1 Å². The Hall–Kier alpha value is -3.52. The van der Waals surface area contributed by atoms with Gasteiger partial charge in [-0.2, -0.15) is 0 Å². The summed E-state index contributed by atoms with van der Waals surface area (Å²) in [5.41, 5.74) is 11.5. The van der Waals surface area contributed by atoms with Gasteiger partial charge in [0.05, 0.1) is 17.6 Å². The number of imidazole rings is 1. The van der Waals surface area contributed by atoms with Crippen LogP contribution in [0.25, 0.3) is 16.6 Å². The number of ether oxygens (including phenoxy) is 1. The van der Waals surface area contributed by atoms with Crippen molar-refractivity contribution >= 4 is 28.7 Å². The Morgan fingerprint density at radius 2 is 2.25 bits per heavy atom. The molecule has 0 bridgehead atoms. The number of aryl methyl sites for hydroxylation is 2. The molecule has 2 aromatic heterocycles. The number of fused-ring (bicyclic) bond motifs is 1. The third-order valence-corrected chi connectivity index (χ3v) is 5.70. The van der Waals surface area contributed by atoms with Gasteiger partial charge in [0, 0.05) is 57.3 Å². The molecule has 3 aromatic rings. The lowest BCUT2D eigenvalue weighted by Gasteiger charge is -2.11. The van der Waals surface area contributed by atoms with Gasteiger partial charge in [-0.05, 0) is 36.6 Å². The predicted octanol–water partition coefficient (Wildman–Crippen LogP) is 2.71. The number of carbonyl (C=O) groups excluding carboxylic acids is 1. The van der Waals surface area contributed by atoms with Gasteiger partial charge in [-0.1, -0.05) is 17.7 Å². The lowest BCUT2D eigenvalue weighted by molar-refractivity contribution is 0.0947. The van der Waals surface area contributed by atoms with Crippen LogP contribution in [0.15, 0.2) is 41.7 Å². The van der Waals surface area contributed by atoms with E-state index in [1.807, 2.05) is 42.8 Å². The Labute approximate surface area is 187 Å². The number of aliphatic imine (C=N–C) groups is 1. The topological polar surface area (TPSA) is 107 Å². The van der Waals surface area contributed by atoms with Crippen LogP contribution in [0.4, 0.5) is 0 Å². The molecule has 0 saturated carbocycles. The minimum Gasteiger partial charge on any atom is -0.404 e. The third-order valence-electron chi connectivity index (χ3n) is 5.70. The summed E-state index contributed by atoms with van der Waals surface area (Å²) in [5.74, 6) is 0.938. The standard InChI is InChI=1S/C24H28N6O2/c1-15-8-16(10-18(9-15)19(11-25)13-26-2)12-28-24(31)21-22-20(4-6-27-21)29-23(30(22)3)17-5-7-32-14-17/h4,6,8-11,13,17H,5,7,12,14,25H2,1-3H3,(H,28,31). The molecular weight excluding hydrogens is 404 g/mol. The third kappa shape index (κ3) is 4.27. The normalized spacial score (nSPS) is 16.8. The minimum absolute atomic E-state index is 0.236. The summed E-state index contributed by atoms with van der Waals surface area (Å²) < 4.78 is 7.49. The lowest BCUT2D eigenvalue weighted by Crippen LogP contribution is -2.24. The molecule has 1 fully saturated rings. The highest BCUT2D eigenvalue weighted by molar-refractivity contribution is 6.09. The smallest absolute Gasteiger partial charge is 0.272 e. The fourth-order valence-corrected chi connectivity index (χ4v) is 4.20. The second-order valence-corrected chi connectivity index (χ2v) is 8.02. The van der Waals surface area contributed by atoms with Crippen LogP contribution in [0.2, 0.25) is 0 Å². The SMILES string of the molecule is CN=CC(=CN)c1cc(C)cc(CNC(=O)c2nccc3nc(C4CCOC4)n(C)c23)c1. The molecule has 0 aliphatic carbocycles. The van der Waals surface area contributed by atoms with Crippen LogP contribution in [0.5, 0.6) is 0 Å². The summed E-state index contributed by atoms with van der Waals surface area (Å²) in [6.45, 7) is 3.78. The number of aromatic nitrogens is 3. The van der Waals surface area contributed by atoms with Crippen molar-refractivity contribution in [3.05, 3.63) is 64.9 Å². The highest BCUT2D eigenvalue weighted by Gasteiger charge is 2.25. The monoisotopic (exact) mass is 432 g/mol. The Balaban J connectivity index is 1.58. The van der Waals surface area contributed by atoms with Crippen LogP contribution in [0.1, 0.15) is 45.3 Å². The molecule has 1 saturated heterocycles. The van der Waals surface area contributed by atoms with Crippen molar-refractivity contribution in [2.24, 2.45) is 17.8 Å². The van der Waals surface area contributed by atoms with Crippen LogP contribution in [0, 0.1) is 6.92 Å². The van der Waals surface area contributed by atoms with Crippen LogP contribution in [0.3, 0.4) is 0 Å². The highest BCUT2D eigenvalue weighted by Crippen LogP contribution is 2.28. The number of nitrogens with two attached hydrogens (primary N) is 1. The van der Waals surface area contributed by atoms with Gasteiger partial charge in [0.1, 0.15) is 5.82 Å². The largest absolute Gasteiger partial charge is 0.404 e. The van der Waals surface area contributed by atoms with Gasteiger partial charge < -0.3 is 20.4 Å². The molecule has 1 aromatic carbocycles. The van der Waals surface area contributed by atoms with E-state index in [2.05, 4.69) is 15.3 Å². The number of benzene rings is 1. The Bertz CT molecular complexity index is 1200. The summed E-state index contributed by atoms with van der Waals surface area (Å²) in [6.07, 6.45) is 5.82. The molecule has 1 aliphatic rings. The maximum Gasteiger partial charge on any atom is 0.272 e. The van der Waals surface area contributed by atoms with Gasteiger partial charge >= 0.3 is 0 Å². The first-order valence-corrected chi connectivity index (χ1v) is 10.6. The molecule has 166 valence electrons. The molecule has 1 amide bonds. The number of nitrogens with one attached hydrogen (secondary N) is 1. The molecule has 3 heterocycles. The number of amides is 1. The van der Waals surface area contributed by atoms with E-state index in [9.17, 15) is 4.79 Å². The molecule has 32 heavy (non-hydrogen) atoms. The Morgan fingerprint density at radius 1 is 1.41 bits per heavy atom. The molecule has 1 unspecified atom stereocenters. The fraction of sp³-hybridized carbons (Fsp3) is 0.333. The van der Waals surface area contributed by atoms with Crippen LogP contribution < -0.4 is 11.1 Å². The van der Waals surface area contributed by atoms with E-state index in [1.54, 1.807) is 19.5 Å². The number of pyridine rings is 1. The molecule has 3 N–H and O–H groups in total. The molecule has 8 nitrogen and oxygen atoms in total. The number of rotatable bonds is 6. The summed E-state index contributed by atoms with van der Waals surface area (Å²) in [4.78, 5) is 26.3. The summed E-state index contributed by atoms with van der Waals surface area (Å²) in [5, 5.41) is 3.01. The number of allylic oxidation sites excluding steroid dienone is 1. The average molecular weight is 433 g/mol. The zero-order valence-electron chi connectivity index (χ0n) is 18.6. The first kappa shape index (κ1) is 21.7. The number of nitrogens with zero attached hydrogens (tertiary/aromatic N) is 4. The van der Waals surface area contributed by atoms with Crippen LogP contribution in [-0.4, -0.2) is 46.9 Å². The first-order chi connectivity index (χ1) is 15.5. The van der Waals surface area contributed by atoms with E-state index in [0.29, 0.717) is 18.8 Å². The van der Waals surface area contributed by atoms with Gasteiger partial charge in [0.25, 0.3) is 5.91 Å². The second kappa shape index (κ2) is 9.32. The van der Waals surface area contributed by atoms with Gasteiger partial charge in [0.2, 0.25) is 0 Å². The van der Waals surface area contributed by atoms with Crippen molar-refractivity contribution in [3.63, 3.8) is 0 Å². The van der Waals surface area contributed by atoms with E-state index in [1.165, 1.54) is 6.20 Å². The predicted molar refractivity (Wildman–Crippen MR) is 126 cm³/mol. The van der Waals surface area contributed by atoms with Crippen LogP contribution >= 0.6 is 0 Å². The van der Waals surface area contributed by atoms with Crippen molar-refractivity contribution < 1.29 is 9.53 Å². The van der Waals surface area contributed by atoms with Crippen LogP contribution in [-0.2, 0) is 18.3 Å². The van der Waals surface area contributed by atoms with E-state index in [-0.39, 0.29) is 11.8 Å². The van der Waals surface area contributed by atoms with Gasteiger partial charge in [-0.25, -0.2) is 9.97 Å². The van der Waals surface area contributed by atoms with Crippen molar-refractivity contribution in [2.45, 2.75) is 25.8 Å². The zero-order chi connectivity index (χ0) is 22.7. The number of hydrogen-bond acceptors (Lipinski definition) is 6. The summed E-state index contributed by atoms with van der Waals surface area (Å²) in [7, 11) is 3.64. The van der Waals surface area contributed by atoms with Crippen molar-refractivity contribution in [3.8, 4) is 0 Å². The summed E-state index contributed by atoms with van der Waals surface area (Å²) >= 11 is 0. The van der Waals surface area contributed by atoms with E-state index in [4.69, 9.17) is 15.5 Å².